The molecule has 2 N–H and O–H groups in total. The number of piperidine rings is 1. The summed E-state index contributed by atoms with van der Waals surface area (Å²) >= 11 is 0. The zero-order valence-electron chi connectivity index (χ0n) is 9.72. The Morgan fingerprint density at radius 3 is 2.71 bits per heavy atom. The standard InChI is InChI=1S/C13H18FNO2/c14-11-5-3-10(4-6-11)13(17)9-15-7-1-2-12(16)8-15/h3-6,12-13,16-17H,1-2,7-9H2. The van der Waals surface area contributed by atoms with E-state index in [-0.39, 0.29) is 11.9 Å². The van der Waals surface area contributed by atoms with Crippen LogP contribution in [0.1, 0.15) is 24.5 Å². The monoisotopic (exact) mass is 239 g/mol. The Morgan fingerprint density at radius 2 is 2.06 bits per heavy atom. The van der Waals surface area contributed by atoms with Crippen LogP contribution in [-0.4, -0.2) is 40.9 Å². The SMILES string of the molecule is OC1CCCN(CC(O)c2ccc(F)cc2)C1. The summed E-state index contributed by atoms with van der Waals surface area (Å²) < 4.78 is 12.7. The molecule has 1 heterocycles. The van der Waals surface area contributed by atoms with E-state index in [4.69, 9.17) is 0 Å². The van der Waals surface area contributed by atoms with E-state index in [9.17, 15) is 14.6 Å². The average Bonchev–Trinajstić information content (AvgIpc) is 2.29. The average molecular weight is 239 g/mol. The minimum absolute atomic E-state index is 0.288. The Hall–Kier alpha value is -0.970. The van der Waals surface area contributed by atoms with Gasteiger partial charge in [0, 0.05) is 13.1 Å². The molecule has 0 spiro atoms. The van der Waals surface area contributed by atoms with Crippen LogP contribution >= 0.6 is 0 Å². The van der Waals surface area contributed by atoms with Gasteiger partial charge in [-0.1, -0.05) is 12.1 Å². The van der Waals surface area contributed by atoms with Gasteiger partial charge in [-0.15, -0.1) is 0 Å². The van der Waals surface area contributed by atoms with Crippen LogP contribution in [-0.2, 0) is 0 Å². The molecule has 4 heteroatoms. The fourth-order valence-electron chi connectivity index (χ4n) is 2.23. The number of aliphatic hydroxyl groups is 2. The second kappa shape index (κ2) is 5.58. The first-order valence-electron chi connectivity index (χ1n) is 5.99. The molecular formula is C13H18FNO2. The minimum atomic E-state index is -0.624. The Morgan fingerprint density at radius 1 is 1.35 bits per heavy atom. The lowest BCUT2D eigenvalue weighted by molar-refractivity contribution is 0.0392. The number of hydrogen-bond acceptors (Lipinski definition) is 3. The molecule has 17 heavy (non-hydrogen) atoms. The topological polar surface area (TPSA) is 43.7 Å². The van der Waals surface area contributed by atoms with E-state index < -0.39 is 6.10 Å². The Bertz CT molecular complexity index is 355. The van der Waals surface area contributed by atoms with Gasteiger partial charge in [0.15, 0.2) is 0 Å². The van der Waals surface area contributed by atoms with Crippen LogP contribution in [0.25, 0.3) is 0 Å². The first kappa shape index (κ1) is 12.5. The third-order valence-corrected chi connectivity index (χ3v) is 3.17. The molecule has 2 unspecified atom stereocenters. The highest BCUT2D eigenvalue weighted by Crippen LogP contribution is 2.17. The van der Waals surface area contributed by atoms with E-state index in [0.29, 0.717) is 18.7 Å². The largest absolute Gasteiger partial charge is 0.392 e. The molecule has 1 aromatic rings. The number of β-amino-alcohol motifs (C(OH)–C–C–N with tert-alkyl or cyclic N) is 2. The molecule has 1 aromatic carbocycles. The van der Waals surface area contributed by atoms with E-state index in [1.54, 1.807) is 12.1 Å². The zero-order valence-corrected chi connectivity index (χ0v) is 9.72. The van der Waals surface area contributed by atoms with Crippen molar-refractivity contribution in [1.29, 1.82) is 0 Å². The summed E-state index contributed by atoms with van der Waals surface area (Å²) in [6.45, 7) is 2.00. The highest BCUT2D eigenvalue weighted by molar-refractivity contribution is 5.18. The molecule has 1 fully saturated rings. The van der Waals surface area contributed by atoms with Gasteiger partial charge in [0.05, 0.1) is 12.2 Å². The molecule has 2 rings (SSSR count). The normalized spacial score (nSPS) is 23.6. The maximum Gasteiger partial charge on any atom is 0.123 e. The highest BCUT2D eigenvalue weighted by Gasteiger charge is 2.20. The van der Waals surface area contributed by atoms with Crippen molar-refractivity contribution in [2.45, 2.75) is 25.0 Å². The van der Waals surface area contributed by atoms with Gasteiger partial charge in [0.1, 0.15) is 5.82 Å². The molecule has 2 atom stereocenters. The van der Waals surface area contributed by atoms with Gasteiger partial charge in [-0.3, -0.25) is 4.90 Å². The molecule has 3 nitrogen and oxygen atoms in total. The fourth-order valence-corrected chi connectivity index (χ4v) is 2.23. The number of hydrogen-bond donors (Lipinski definition) is 2. The van der Waals surface area contributed by atoms with E-state index >= 15 is 0 Å². The molecule has 0 radical (unpaired) electrons. The van der Waals surface area contributed by atoms with Crippen molar-refractivity contribution >= 4 is 0 Å². The number of rotatable bonds is 3. The smallest absolute Gasteiger partial charge is 0.123 e. The lowest BCUT2D eigenvalue weighted by Gasteiger charge is -2.31. The predicted octanol–water partition coefficient (Wildman–Crippen LogP) is 1.32. The fraction of sp³-hybridized carbons (Fsp3) is 0.538. The summed E-state index contributed by atoms with van der Waals surface area (Å²) in [5.74, 6) is -0.297. The van der Waals surface area contributed by atoms with Crippen LogP contribution in [0.4, 0.5) is 4.39 Å². The maximum atomic E-state index is 12.7. The molecular weight excluding hydrogens is 221 g/mol. The first-order valence-corrected chi connectivity index (χ1v) is 5.99. The number of benzene rings is 1. The Kier molecular flexibility index (Phi) is 4.10. The van der Waals surface area contributed by atoms with Gasteiger partial charge in [-0.05, 0) is 37.1 Å². The van der Waals surface area contributed by atoms with Crippen molar-refractivity contribution in [1.82, 2.24) is 4.90 Å². The number of aliphatic hydroxyl groups excluding tert-OH is 2. The summed E-state index contributed by atoms with van der Waals surface area (Å²) in [7, 11) is 0. The van der Waals surface area contributed by atoms with Gasteiger partial charge in [-0.2, -0.15) is 0 Å². The van der Waals surface area contributed by atoms with Gasteiger partial charge < -0.3 is 10.2 Å². The molecule has 0 saturated carbocycles. The quantitative estimate of drug-likeness (QED) is 0.836. The summed E-state index contributed by atoms with van der Waals surface area (Å²) in [6.07, 6.45) is 0.880. The summed E-state index contributed by atoms with van der Waals surface area (Å²) in [4.78, 5) is 2.04. The van der Waals surface area contributed by atoms with E-state index in [1.807, 2.05) is 4.90 Å². The second-order valence-corrected chi connectivity index (χ2v) is 4.62. The van der Waals surface area contributed by atoms with Crippen LogP contribution in [0.5, 0.6) is 0 Å². The van der Waals surface area contributed by atoms with Crippen molar-refractivity contribution in [3.05, 3.63) is 35.6 Å². The summed E-state index contributed by atoms with van der Waals surface area (Å²) in [5.41, 5.74) is 0.714. The van der Waals surface area contributed by atoms with E-state index in [0.717, 1.165) is 19.4 Å². The van der Waals surface area contributed by atoms with Crippen LogP contribution in [0.15, 0.2) is 24.3 Å². The minimum Gasteiger partial charge on any atom is -0.392 e. The second-order valence-electron chi connectivity index (χ2n) is 4.62. The summed E-state index contributed by atoms with van der Waals surface area (Å²) in [5, 5.41) is 19.5. The van der Waals surface area contributed by atoms with Crippen molar-refractivity contribution in [3.8, 4) is 0 Å². The van der Waals surface area contributed by atoms with Crippen molar-refractivity contribution < 1.29 is 14.6 Å². The molecule has 94 valence electrons. The molecule has 0 bridgehead atoms. The summed E-state index contributed by atoms with van der Waals surface area (Å²) in [6, 6.07) is 5.90. The van der Waals surface area contributed by atoms with Gasteiger partial charge in [-0.25, -0.2) is 4.39 Å². The van der Waals surface area contributed by atoms with Crippen molar-refractivity contribution in [2.75, 3.05) is 19.6 Å². The van der Waals surface area contributed by atoms with Crippen LogP contribution in [0, 0.1) is 5.82 Å². The predicted molar refractivity (Wildman–Crippen MR) is 63.0 cm³/mol. The van der Waals surface area contributed by atoms with E-state index in [2.05, 4.69) is 0 Å². The van der Waals surface area contributed by atoms with E-state index in [1.165, 1.54) is 12.1 Å². The van der Waals surface area contributed by atoms with Gasteiger partial charge in [0.2, 0.25) is 0 Å². The molecule has 1 aliphatic rings. The van der Waals surface area contributed by atoms with Gasteiger partial charge >= 0.3 is 0 Å². The van der Waals surface area contributed by atoms with Crippen LogP contribution < -0.4 is 0 Å². The van der Waals surface area contributed by atoms with Crippen molar-refractivity contribution in [3.63, 3.8) is 0 Å². The Balaban J connectivity index is 1.91. The lowest BCUT2D eigenvalue weighted by Crippen LogP contribution is -2.40. The number of likely N-dealkylation sites (tertiary alicyclic amines) is 1. The third-order valence-electron chi connectivity index (χ3n) is 3.17. The maximum absolute atomic E-state index is 12.7. The lowest BCUT2D eigenvalue weighted by atomic mass is 10.1. The number of nitrogens with zero attached hydrogens (tertiary/aromatic N) is 1. The zero-order chi connectivity index (χ0) is 12.3. The highest BCUT2D eigenvalue weighted by atomic mass is 19.1. The third kappa shape index (κ3) is 3.49. The molecule has 1 aliphatic heterocycles. The molecule has 0 aromatic heterocycles. The Labute approximate surface area is 100 Å². The first-order chi connectivity index (χ1) is 8.15. The molecule has 0 aliphatic carbocycles. The van der Waals surface area contributed by atoms with Crippen LogP contribution in [0.2, 0.25) is 0 Å². The number of halogens is 1. The van der Waals surface area contributed by atoms with Crippen molar-refractivity contribution in [2.24, 2.45) is 0 Å². The van der Waals surface area contributed by atoms with Crippen LogP contribution in [0.3, 0.4) is 0 Å². The van der Waals surface area contributed by atoms with Gasteiger partial charge in [0.25, 0.3) is 0 Å². The molecule has 0 amide bonds. The molecule has 1 saturated heterocycles.